The minimum absolute atomic E-state index is 0.00524. The number of methoxy groups -OCH3 is 1. The van der Waals surface area contributed by atoms with Crippen LogP contribution in [0.5, 0.6) is 5.75 Å². The van der Waals surface area contributed by atoms with Gasteiger partial charge in [0.1, 0.15) is 0 Å². The zero-order valence-corrected chi connectivity index (χ0v) is 11.5. The van der Waals surface area contributed by atoms with E-state index in [0.29, 0.717) is 18.9 Å². The van der Waals surface area contributed by atoms with E-state index in [4.69, 9.17) is 9.47 Å². The van der Waals surface area contributed by atoms with Gasteiger partial charge in [0.25, 0.3) is 0 Å². The maximum absolute atomic E-state index is 10.9. The maximum atomic E-state index is 10.9. The van der Waals surface area contributed by atoms with Crippen molar-refractivity contribution in [1.29, 1.82) is 0 Å². The summed E-state index contributed by atoms with van der Waals surface area (Å²) in [7, 11) is 1.64. The van der Waals surface area contributed by atoms with Crippen LogP contribution in [0.4, 0.5) is 5.69 Å². The van der Waals surface area contributed by atoms with Gasteiger partial charge in [-0.25, -0.2) is 0 Å². The molecule has 0 heterocycles. The Balaban J connectivity index is 2.76. The molecule has 0 unspecified atom stereocenters. The molecule has 6 heteroatoms. The third-order valence-corrected chi connectivity index (χ3v) is 2.40. The lowest BCUT2D eigenvalue weighted by atomic mass is 10.2. The van der Waals surface area contributed by atoms with E-state index in [9.17, 15) is 10.1 Å². The van der Waals surface area contributed by atoms with Crippen molar-refractivity contribution in [2.24, 2.45) is 0 Å². The van der Waals surface area contributed by atoms with Crippen molar-refractivity contribution in [2.45, 2.75) is 26.5 Å². The summed E-state index contributed by atoms with van der Waals surface area (Å²) >= 11 is 0. The number of benzene rings is 1. The number of nitrogens with one attached hydrogen (secondary N) is 1. The molecule has 0 aromatic heterocycles. The Morgan fingerprint density at radius 1 is 1.42 bits per heavy atom. The van der Waals surface area contributed by atoms with E-state index in [1.54, 1.807) is 19.2 Å². The molecule has 0 spiro atoms. The van der Waals surface area contributed by atoms with Crippen molar-refractivity contribution in [3.63, 3.8) is 0 Å². The number of nitro groups is 1. The molecule has 1 aromatic carbocycles. The first-order valence-electron chi connectivity index (χ1n) is 6.18. The smallest absolute Gasteiger partial charge is 0.310 e. The van der Waals surface area contributed by atoms with Gasteiger partial charge in [0.2, 0.25) is 0 Å². The summed E-state index contributed by atoms with van der Waals surface area (Å²) in [6.45, 7) is 5.66. The molecule has 0 atom stereocenters. The molecule has 0 radical (unpaired) electrons. The summed E-state index contributed by atoms with van der Waals surface area (Å²) in [6.07, 6.45) is -0.101. The Bertz CT molecular complexity index is 421. The third kappa shape index (κ3) is 5.23. The molecule has 106 valence electrons. The highest BCUT2D eigenvalue weighted by molar-refractivity contribution is 5.48. The van der Waals surface area contributed by atoms with Crippen LogP contribution in [0.1, 0.15) is 19.4 Å². The van der Waals surface area contributed by atoms with Gasteiger partial charge in [-0.1, -0.05) is 6.07 Å². The molecular weight excluding hydrogens is 248 g/mol. The highest BCUT2D eigenvalue weighted by Gasteiger charge is 2.16. The zero-order valence-electron chi connectivity index (χ0n) is 11.5. The average molecular weight is 268 g/mol. The van der Waals surface area contributed by atoms with Crippen molar-refractivity contribution >= 4 is 5.69 Å². The highest BCUT2D eigenvalue weighted by atomic mass is 16.6. The summed E-state index contributed by atoms with van der Waals surface area (Å²) in [4.78, 5) is 10.5. The molecule has 0 saturated carbocycles. The number of nitro benzene ring substituents is 1. The number of nitrogens with zero attached hydrogens (tertiary/aromatic N) is 1. The summed E-state index contributed by atoms with van der Waals surface area (Å²) in [5.41, 5.74) is 0.937. The maximum Gasteiger partial charge on any atom is 0.310 e. The van der Waals surface area contributed by atoms with Crippen LogP contribution in [0.15, 0.2) is 18.2 Å². The van der Waals surface area contributed by atoms with Crippen LogP contribution < -0.4 is 10.1 Å². The normalized spacial score (nSPS) is 10.7. The van der Waals surface area contributed by atoms with E-state index < -0.39 is 4.92 Å². The first-order valence-corrected chi connectivity index (χ1v) is 6.18. The summed E-state index contributed by atoms with van der Waals surface area (Å²) in [5.74, 6) is 0.311. The fourth-order valence-electron chi connectivity index (χ4n) is 1.57. The Labute approximate surface area is 112 Å². The van der Waals surface area contributed by atoms with Crippen LogP contribution in [0.3, 0.4) is 0 Å². The molecule has 0 aliphatic heterocycles. The minimum Gasteiger partial charge on any atom is -0.484 e. The molecule has 0 amide bonds. The Hall–Kier alpha value is -1.66. The predicted octanol–water partition coefficient (Wildman–Crippen LogP) is 2.12. The van der Waals surface area contributed by atoms with E-state index in [1.807, 2.05) is 13.8 Å². The van der Waals surface area contributed by atoms with Crippen LogP contribution in [0, 0.1) is 10.1 Å². The lowest BCUT2D eigenvalue weighted by molar-refractivity contribution is -0.386. The van der Waals surface area contributed by atoms with Crippen molar-refractivity contribution < 1.29 is 14.4 Å². The molecule has 0 bridgehead atoms. The van der Waals surface area contributed by atoms with Crippen LogP contribution in [-0.2, 0) is 11.3 Å². The number of rotatable bonds is 8. The van der Waals surface area contributed by atoms with Gasteiger partial charge in [0.05, 0.1) is 17.6 Å². The highest BCUT2D eigenvalue weighted by Crippen LogP contribution is 2.28. The summed E-state index contributed by atoms with van der Waals surface area (Å²) in [5, 5.41) is 14.1. The minimum atomic E-state index is -0.431. The average Bonchev–Trinajstić information content (AvgIpc) is 2.34. The number of hydrogen-bond donors (Lipinski definition) is 1. The van der Waals surface area contributed by atoms with Gasteiger partial charge in [-0.15, -0.1) is 0 Å². The van der Waals surface area contributed by atoms with Gasteiger partial charge >= 0.3 is 5.69 Å². The van der Waals surface area contributed by atoms with Gasteiger partial charge in [0.15, 0.2) is 5.75 Å². The van der Waals surface area contributed by atoms with Gasteiger partial charge in [-0.2, -0.15) is 0 Å². The number of hydrogen-bond acceptors (Lipinski definition) is 5. The van der Waals surface area contributed by atoms with E-state index in [1.165, 1.54) is 6.07 Å². The van der Waals surface area contributed by atoms with Gasteiger partial charge < -0.3 is 14.8 Å². The second-order valence-corrected chi connectivity index (χ2v) is 4.40. The predicted molar refractivity (Wildman–Crippen MR) is 72.4 cm³/mol. The lowest BCUT2D eigenvalue weighted by Gasteiger charge is -2.11. The molecule has 6 nitrogen and oxygen atoms in total. The molecule has 0 aliphatic carbocycles. The standard InChI is InChI=1S/C13H20N2O4/c1-10(2)19-13-8-11(9-14-6-7-18-3)4-5-12(13)15(16)17/h4-5,8,10,14H,6-7,9H2,1-3H3. The van der Waals surface area contributed by atoms with Gasteiger partial charge in [-0.05, 0) is 25.5 Å². The van der Waals surface area contributed by atoms with Crippen LogP contribution in [0.2, 0.25) is 0 Å². The molecule has 0 saturated heterocycles. The summed E-state index contributed by atoms with van der Waals surface area (Å²) < 4.78 is 10.4. The van der Waals surface area contributed by atoms with Crippen molar-refractivity contribution in [3.05, 3.63) is 33.9 Å². The Morgan fingerprint density at radius 3 is 2.74 bits per heavy atom. The van der Waals surface area contributed by atoms with Crippen molar-refractivity contribution in [3.8, 4) is 5.75 Å². The largest absolute Gasteiger partial charge is 0.484 e. The van der Waals surface area contributed by atoms with Crippen LogP contribution in [-0.4, -0.2) is 31.3 Å². The van der Waals surface area contributed by atoms with Crippen molar-refractivity contribution in [2.75, 3.05) is 20.3 Å². The molecule has 19 heavy (non-hydrogen) atoms. The molecule has 1 N–H and O–H groups in total. The lowest BCUT2D eigenvalue weighted by Crippen LogP contribution is -2.18. The molecule has 1 aromatic rings. The molecular formula is C13H20N2O4. The topological polar surface area (TPSA) is 73.6 Å². The second-order valence-electron chi connectivity index (χ2n) is 4.40. The SMILES string of the molecule is COCCNCc1ccc([N+](=O)[O-])c(OC(C)C)c1. The van der Waals surface area contributed by atoms with Gasteiger partial charge in [0, 0.05) is 26.3 Å². The fourth-order valence-corrected chi connectivity index (χ4v) is 1.57. The first kappa shape index (κ1) is 15.4. The van der Waals surface area contributed by atoms with Gasteiger partial charge in [-0.3, -0.25) is 10.1 Å². The van der Waals surface area contributed by atoms with E-state index in [0.717, 1.165) is 12.1 Å². The molecule has 1 rings (SSSR count). The number of ether oxygens (including phenoxy) is 2. The fraction of sp³-hybridized carbons (Fsp3) is 0.538. The van der Waals surface area contributed by atoms with Crippen LogP contribution in [0.25, 0.3) is 0 Å². The third-order valence-electron chi connectivity index (χ3n) is 2.40. The van der Waals surface area contributed by atoms with E-state index >= 15 is 0 Å². The first-order chi connectivity index (χ1) is 9.04. The molecule has 0 fully saturated rings. The van der Waals surface area contributed by atoms with Crippen LogP contribution >= 0.6 is 0 Å². The van der Waals surface area contributed by atoms with E-state index in [2.05, 4.69) is 5.32 Å². The second kappa shape index (κ2) is 7.70. The Kier molecular flexibility index (Phi) is 6.24. The zero-order chi connectivity index (χ0) is 14.3. The Morgan fingerprint density at radius 2 is 2.16 bits per heavy atom. The van der Waals surface area contributed by atoms with Crippen molar-refractivity contribution in [1.82, 2.24) is 5.32 Å². The van der Waals surface area contributed by atoms with E-state index in [-0.39, 0.29) is 11.8 Å². The monoisotopic (exact) mass is 268 g/mol. The quantitative estimate of drug-likeness (QED) is 0.444. The summed E-state index contributed by atoms with van der Waals surface area (Å²) in [6, 6.07) is 4.91. The molecule has 0 aliphatic rings.